The number of hydrogen-bond donors (Lipinski definition) is 0. The predicted molar refractivity (Wildman–Crippen MR) is 63.1 cm³/mol. The normalized spacial score (nSPS) is 16.2. The molecule has 3 nitrogen and oxygen atoms in total. The Morgan fingerprint density at radius 2 is 2.25 bits per heavy atom. The van der Waals surface area contributed by atoms with Gasteiger partial charge in [-0.15, -0.1) is 11.6 Å². The summed E-state index contributed by atoms with van der Waals surface area (Å²) in [6.45, 7) is 5.53. The lowest BCUT2D eigenvalue weighted by Gasteiger charge is -2.26. The second kappa shape index (κ2) is 5.02. The Hall–Kier alpha value is -0.800. The van der Waals surface area contributed by atoms with E-state index in [1.54, 1.807) is 0 Å². The molecule has 0 amide bonds. The summed E-state index contributed by atoms with van der Waals surface area (Å²) in [5.74, 6) is 1.53. The fourth-order valence-electron chi connectivity index (χ4n) is 1.47. The lowest BCUT2D eigenvalue weighted by atomic mass is 10.1. The molecule has 1 aliphatic heterocycles. The molecule has 1 aliphatic rings. The first-order valence-corrected chi connectivity index (χ1v) is 6.03. The molecular formula is C12H16ClNO2. The molecule has 0 N–H and O–H groups in total. The van der Waals surface area contributed by atoms with Gasteiger partial charge in [0, 0.05) is 17.6 Å². The van der Waals surface area contributed by atoms with Crippen LogP contribution in [0.1, 0.15) is 31.0 Å². The number of nitrogens with zero attached hydrogens (tertiary/aromatic N) is 1. The van der Waals surface area contributed by atoms with Crippen LogP contribution in [-0.4, -0.2) is 24.3 Å². The van der Waals surface area contributed by atoms with E-state index in [0.29, 0.717) is 30.9 Å². The van der Waals surface area contributed by atoms with Gasteiger partial charge in [0.25, 0.3) is 0 Å². The molecule has 0 atom stereocenters. The van der Waals surface area contributed by atoms with Gasteiger partial charge in [-0.1, -0.05) is 13.8 Å². The van der Waals surface area contributed by atoms with Crippen molar-refractivity contribution in [2.75, 3.05) is 13.2 Å². The summed E-state index contributed by atoms with van der Waals surface area (Å²) in [7, 11) is 0. The molecule has 0 unspecified atom stereocenters. The molecule has 1 fully saturated rings. The molecule has 0 bridgehead atoms. The fraction of sp³-hybridized carbons (Fsp3) is 0.583. The van der Waals surface area contributed by atoms with Crippen molar-refractivity contribution in [2.45, 2.75) is 31.7 Å². The van der Waals surface area contributed by atoms with Gasteiger partial charge >= 0.3 is 0 Å². The minimum absolute atomic E-state index is 0.151. The Kier molecular flexibility index (Phi) is 3.66. The highest BCUT2D eigenvalue weighted by Gasteiger charge is 2.21. The Morgan fingerprint density at radius 3 is 2.75 bits per heavy atom. The van der Waals surface area contributed by atoms with Gasteiger partial charge in [0.05, 0.1) is 13.2 Å². The van der Waals surface area contributed by atoms with Crippen molar-refractivity contribution in [3.8, 4) is 5.88 Å². The predicted octanol–water partition coefficient (Wildman–Crippen LogP) is 2.72. The van der Waals surface area contributed by atoms with Crippen LogP contribution in [0, 0.1) is 0 Å². The van der Waals surface area contributed by atoms with Crippen LogP contribution in [0.2, 0.25) is 0 Å². The number of aromatic nitrogens is 1. The molecule has 16 heavy (non-hydrogen) atoms. The van der Waals surface area contributed by atoms with Gasteiger partial charge in [-0.05, 0) is 17.5 Å². The maximum atomic E-state index is 5.85. The fourth-order valence-corrected chi connectivity index (χ4v) is 1.62. The van der Waals surface area contributed by atoms with Gasteiger partial charge in [0.1, 0.15) is 6.10 Å². The van der Waals surface area contributed by atoms with Crippen LogP contribution in [0.15, 0.2) is 12.1 Å². The van der Waals surface area contributed by atoms with Crippen LogP contribution in [0.25, 0.3) is 0 Å². The smallest absolute Gasteiger partial charge is 0.214 e. The molecule has 2 heterocycles. The lowest BCUT2D eigenvalue weighted by molar-refractivity contribution is -0.0814. The standard InChI is InChI=1S/C12H16ClNO2/c1-8(2)11-3-9(5-13)4-12(14-11)16-10-6-15-7-10/h3-4,8,10H,5-7H2,1-2H3. The zero-order valence-corrected chi connectivity index (χ0v) is 10.3. The largest absolute Gasteiger partial charge is 0.469 e. The van der Waals surface area contributed by atoms with Gasteiger partial charge in [-0.2, -0.15) is 0 Å². The van der Waals surface area contributed by atoms with Crippen LogP contribution in [0.3, 0.4) is 0 Å². The molecule has 1 aromatic rings. The quantitative estimate of drug-likeness (QED) is 0.760. The maximum absolute atomic E-state index is 5.85. The zero-order chi connectivity index (χ0) is 11.5. The molecule has 4 heteroatoms. The Labute approximate surface area is 101 Å². The van der Waals surface area contributed by atoms with Gasteiger partial charge in [0.15, 0.2) is 0 Å². The highest BCUT2D eigenvalue weighted by molar-refractivity contribution is 6.17. The molecular weight excluding hydrogens is 226 g/mol. The zero-order valence-electron chi connectivity index (χ0n) is 9.57. The van der Waals surface area contributed by atoms with Crippen LogP contribution in [0.5, 0.6) is 5.88 Å². The topological polar surface area (TPSA) is 31.4 Å². The molecule has 0 aliphatic carbocycles. The molecule has 0 radical (unpaired) electrons. The molecule has 0 saturated carbocycles. The first-order valence-electron chi connectivity index (χ1n) is 5.50. The summed E-state index contributed by atoms with van der Waals surface area (Å²) in [6, 6.07) is 3.93. The van der Waals surface area contributed by atoms with Crippen LogP contribution >= 0.6 is 11.6 Å². The van der Waals surface area contributed by atoms with E-state index in [1.165, 1.54) is 0 Å². The van der Waals surface area contributed by atoms with Crippen molar-refractivity contribution in [3.63, 3.8) is 0 Å². The van der Waals surface area contributed by atoms with Crippen molar-refractivity contribution in [3.05, 3.63) is 23.4 Å². The first-order chi connectivity index (χ1) is 7.69. The van der Waals surface area contributed by atoms with Crippen molar-refractivity contribution < 1.29 is 9.47 Å². The van der Waals surface area contributed by atoms with Crippen LogP contribution < -0.4 is 4.74 Å². The third-order valence-corrected chi connectivity index (χ3v) is 2.83. The summed E-state index contributed by atoms with van der Waals surface area (Å²) >= 11 is 5.85. The van der Waals surface area contributed by atoms with Crippen molar-refractivity contribution in [1.29, 1.82) is 0 Å². The molecule has 2 rings (SSSR count). The number of halogens is 1. The van der Waals surface area contributed by atoms with E-state index in [4.69, 9.17) is 21.1 Å². The summed E-state index contributed by atoms with van der Waals surface area (Å²) < 4.78 is 10.8. The number of pyridine rings is 1. The molecule has 1 saturated heterocycles. The minimum Gasteiger partial charge on any atom is -0.469 e. The Morgan fingerprint density at radius 1 is 1.50 bits per heavy atom. The van der Waals surface area contributed by atoms with Gasteiger partial charge < -0.3 is 9.47 Å². The number of ether oxygens (including phenoxy) is 2. The molecule has 1 aromatic heterocycles. The third kappa shape index (κ3) is 2.66. The van der Waals surface area contributed by atoms with Gasteiger partial charge in [0.2, 0.25) is 5.88 Å². The van der Waals surface area contributed by atoms with E-state index in [0.717, 1.165) is 11.3 Å². The van der Waals surface area contributed by atoms with E-state index in [-0.39, 0.29) is 6.10 Å². The number of alkyl halides is 1. The first kappa shape index (κ1) is 11.7. The van der Waals surface area contributed by atoms with Crippen molar-refractivity contribution in [1.82, 2.24) is 4.98 Å². The monoisotopic (exact) mass is 241 g/mol. The van der Waals surface area contributed by atoms with E-state index < -0.39 is 0 Å². The van der Waals surface area contributed by atoms with Gasteiger partial charge in [-0.3, -0.25) is 0 Å². The van der Waals surface area contributed by atoms with Gasteiger partial charge in [-0.25, -0.2) is 4.98 Å². The summed E-state index contributed by atoms with van der Waals surface area (Å²) in [6.07, 6.45) is 0.151. The summed E-state index contributed by atoms with van der Waals surface area (Å²) in [5, 5.41) is 0. The average Bonchev–Trinajstić information content (AvgIpc) is 2.23. The van der Waals surface area contributed by atoms with E-state index in [1.807, 2.05) is 12.1 Å². The van der Waals surface area contributed by atoms with Crippen molar-refractivity contribution in [2.24, 2.45) is 0 Å². The second-order valence-corrected chi connectivity index (χ2v) is 4.57. The lowest BCUT2D eigenvalue weighted by Crippen LogP contribution is -2.38. The minimum atomic E-state index is 0.151. The number of hydrogen-bond acceptors (Lipinski definition) is 3. The van der Waals surface area contributed by atoms with Crippen molar-refractivity contribution >= 4 is 11.6 Å². The number of rotatable bonds is 4. The van der Waals surface area contributed by atoms with E-state index >= 15 is 0 Å². The van der Waals surface area contributed by atoms with E-state index in [9.17, 15) is 0 Å². The Bertz CT molecular complexity index is 364. The second-order valence-electron chi connectivity index (χ2n) is 4.30. The third-order valence-electron chi connectivity index (χ3n) is 2.52. The van der Waals surface area contributed by atoms with E-state index in [2.05, 4.69) is 18.8 Å². The highest BCUT2D eigenvalue weighted by atomic mass is 35.5. The summed E-state index contributed by atoms with van der Waals surface area (Å²) in [4.78, 5) is 4.47. The molecule has 0 spiro atoms. The van der Waals surface area contributed by atoms with Crippen LogP contribution in [-0.2, 0) is 10.6 Å². The van der Waals surface area contributed by atoms with Crippen LogP contribution in [0.4, 0.5) is 0 Å². The molecule has 0 aromatic carbocycles. The average molecular weight is 242 g/mol. The molecule has 88 valence electrons. The highest BCUT2D eigenvalue weighted by Crippen LogP contribution is 2.22. The summed E-state index contributed by atoms with van der Waals surface area (Å²) in [5.41, 5.74) is 2.07. The SMILES string of the molecule is CC(C)c1cc(CCl)cc(OC2COC2)n1. The Balaban J connectivity index is 2.18. The maximum Gasteiger partial charge on any atom is 0.214 e.